The molecule has 1 aromatic carbocycles. The summed E-state index contributed by atoms with van der Waals surface area (Å²) < 4.78 is 10.8. The highest BCUT2D eigenvalue weighted by molar-refractivity contribution is 5.44. The fourth-order valence-electron chi connectivity index (χ4n) is 3.50. The molecule has 0 aromatic heterocycles. The number of hydrogen-bond acceptors (Lipinski definition) is 3. The van der Waals surface area contributed by atoms with Crippen molar-refractivity contribution in [2.45, 2.75) is 79.7 Å². The van der Waals surface area contributed by atoms with Gasteiger partial charge in [0.25, 0.3) is 0 Å². The van der Waals surface area contributed by atoms with Crippen molar-refractivity contribution in [2.75, 3.05) is 13.3 Å². The van der Waals surface area contributed by atoms with Crippen LogP contribution in [0.3, 0.4) is 0 Å². The highest BCUT2D eigenvalue weighted by Gasteiger charge is 2.12. The summed E-state index contributed by atoms with van der Waals surface area (Å²) in [6.07, 6.45) is 16.4. The predicted octanol–water partition coefficient (Wildman–Crippen LogP) is 7.65. The van der Waals surface area contributed by atoms with Crippen molar-refractivity contribution in [3.05, 3.63) is 70.4 Å². The van der Waals surface area contributed by atoms with E-state index in [1.165, 1.54) is 40.7 Å². The molecule has 1 heterocycles. The minimum atomic E-state index is 0.328. The maximum absolute atomic E-state index is 5.43. The van der Waals surface area contributed by atoms with Gasteiger partial charge in [-0.05, 0) is 90.8 Å². The quantitative estimate of drug-likeness (QED) is 0.261. The third kappa shape index (κ3) is 10.5. The van der Waals surface area contributed by atoms with E-state index in [4.69, 9.17) is 9.47 Å². The Morgan fingerprint density at radius 3 is 2.00 bits per heavy atom. The molecule has 1 aliphatic rings. The van der Waals surface area contributed by atoms with Crippen LogP contribution in [0.1, 0.15) is 78.7 Å². The lowest BCUT2D eigenvalue weighted by Crippen LogP contribution is -2.13. The van der Waals surface area contributed by atoms with Gasteiger partial charge in [-0.3, -0.25) is 0 Å². The molecule has 0 fully saturated rings. The molecule has 31 heavy (non-hydrogen) atoms. The first-order valence-corrected chi connectivity index (χ1v) is 11.6. The van der Waals surface area contributed by atoms with Gasteiger partial charge in [-0.2, -0.15) is 0 Å². The second-order valence-electron chi connectivity index (χ2n) is 8.87. The first-order valence-electron chi connectivity index (χ1n) is 11.6. The SMILES string of the molecule is CC(C)=CCC/C(C)=C/CC/C(C)=C/CC/C(C)=C/CNCc1ccc2c(c1)OCO2. The lowest BCUT2D eigenvalue weighted by atomic mass is 10.0. The Kier molecular flexibility index (Phi) is 11.2. The Bertz CT molecular complexity index is 810. The summed E-state index contributed by atoms with van der Waals surface area (Å²) >= 11 is 0. The van der Waals surface area contributed by atoms with Gasteiger partial charge in [0, 0.05) is 13.1 Å². The zero-order valence-corrected chi connectivity index (χ0v) is 20.2. The van der Waals surface area contributed by atoms with Crippen LogP contribution >= 0.6 is 0 Å². The first kappa shape index (κ1) is 25.0. The van der Waals surface area contributed by atoms with E-state index < -0.39 is 0 Å². The summed E-state index contributed by atoms with van der Waals surface area (Å²) in [5, 5.41) is 3.48. The Labute approximate surface area is 189 Å². The fraction of sp³-hybridized carbons (Fsp3) is 0.500. The van der Waals surface area contributed by atoms with Crippen molar-refractivity contribution in [2.24, 2.45) is 0 Å². The molecule has 2 rings (SSSR count). The molecule has 0 bridgehead atoms. The van der Waals surface area contributed by atoms with Crippen LogP contribution < -0.4 is 14.8 Å². The van der Waals surface area contributed by atoms with Gasteiger partial charge in [0.05, 0.1) is 0 Å². The highest BCUT2D eigenvalue weighted by Crippen LogP contribution is 2.32. The van der Waals surface area contributed by atoms with E-state index >= 15 is 0 Å². The van der Waals surface area contributed by atoms with Crippen LogP contribution in [0.4, 0.5) is 0 Å². The van der Waals surface area contributed by atoms with E-state index in [0.29, 0.717) is 6.79 Å². The Morgan fingerprint density at radius 1 is 0.774 bits per heavy atom. The number of nitrogens with one attached hydrogen (secondary N) is 1. The number of hydrogen-bond donors (Lipinski definition) is 1. The number of benzene rings is 1. The van der Waals surface area contributed by atoms with Crippen LogP contribution in [0.15, 0.2) is 64.8 Å². The van der Waals surface area contributed by atoms with Crippen molar-refractivity contribution in [3.63, 3.8) is 0 Å². The summed E-state index contributed by atoms with van der Waals surface area (Å²) in [4.78, 5) is 0. The summed E-state index contributed by atoms with van der Waals surface area (Å²) in [5.41, 5.74) is 7.09. The van der Waals surface area contributed by atoms with Crippen molar-refractivity contribution >= 4 is 0 Å². The van der Waals surface area contributed by atoms with E-state index in [0.717, 1.165) is 50.3 Å². The lowest BCUT2D eigenvalue weighted by molar-refractivity contribution is 0.174. The first-order chi connectivity index (χ1) is 14.9. The largest absolute Gasteiger partial charge is 0.454 e. The van der Waals surface area contributed by atoms with E-state index in [-0.39, 0.29) is 0 Å². The highest BCUT2D eigenvalue weighted by atomic mass is 16.7. The van der Waals surface area contributed by atoms with Crippen LogP contribution in [0.5, 0.6) is 11.5 Å². The summed E-state index contributed by atoms with van der Waals surface area (Å²) in [6.45, 7) is 13.1. The molecule has 0 amide bonds. The topological polar surface area (TPSA) is 30.5 Å². The van der Waals surface area contributed by atoms with Crippen molar-refractivity contribution in [3.8, 4) is 11.5 Å². The summed E-state index contributed by atoms with van der Waals surface area (Å²) in [5.74, 6) is 1.69. The van der Waals surface area contributed by atoms with Gasteiger partial charge in [-0.15, -0.1) is 0 Å². The van der Waals surface area contributed by atoms with Crippen molar-refractivity contribution < 1.29 is 9.47 Å². The molecule has 0 saturated carbocycles. The zero-order chi connectivity index (χ0) is 22.5. The second-order valence-corrected chi connectivity index (χ2v) is 8.87. The molecule has 3 nitrogen and oxygen atoms in total. The maximum atomic E-state index is 5.43. The maximum Gasteiger partial charge on any atom is 0.231 e. The van der Waals surface area contributed by atoms with Gasteiger partial charge >= 0.3 is 0 Å². The molecule has 0 saturated heterocycles. The normalized spacial score (nSPS) is 14.2. The summed E-state index contributed by atoms with van der Waals surface area (Å²) in [6, 6.07) is 6.13. The van der Waals surface area contributed by atoms with Crippen LogP contribution in [0, 0.1) is 0 Å². The monoisotopic (exact) mass is 423 g/mol. The summed E-state index contributed by atoms with van der Waals surface area (Å²) in [7, 11) is 0. The van der Waals surface area contributed by atoms with Crippen molar-refractivity contribution in [1.82, 2.24) is 5.32 Å². The molecule has 0 spiro atoms. The predicted molar refractivity (Wildman–Crippen MR) is 133 cm³/mol. The molecule has 0 unspecified atom stereocenters. The van der Waals surface area contributed by atoms with E-state index in [1.54, 1.807) is 0 Å². The minimum absolute atomic E-state index is 0.328. The van der Waals surface area contributed by atoms with Gasteiger partial charge in [-0.25, -0.2) is 0 Å². The Hall–Kier alpha value is -2.26. The number of rotatable bonds is 13. The fourth-order valence-corrected chi connectivity index (χ4v) is 3.50. The van der Waals surface area contributed by atoms with Crippen molar-refractivity contribution in [1.29, 1.82) is 0 Å². The number of ether oxygens (including phenoxy) is 2. The Balaban J connectivity index is 1.59. The van der Waals surface area contributed by atoms with E-state index in [2.05, 4.69) is 76.4 Å². The number of allylic oxidation sites excluding steroid dienone is 7. The van der Waals surface area contributed by atoms with Gasteiger partial charge in [0.1, 0.15) is 0 Å². The molecule has 1 aromatic rings. The minimum Gasteiger partial charge on any atom is -0.454 e. The molecule has 3 heteroatoms. The molecule has 0 radical (unpaired) electrons. The van der Waals surface area contributed by atoms with Gasteiger partial charge in [0.2, 0.25) is 6.79 Å². The molecule has 1 N–H and O–H groups in total. The number of fused-ring (bicyclic) bond motifs is 1. The molecular formula is C28H41NO2. The molecule has 0 atom stereocenters. The Morgan fingerprint density at radius 2 is 1.35 bits per heavy atom. The average molecular weight is 424 g/mol. The lowest BCUT2D eigenvalue weighted by Gasteiger charge is -2.05. The molecule has 170 valence electrons. The average Bonchev–Trinajstić information content (AvgIpc) is 3.19. The van der Waals surface area contributed by atoms with Gasteiger partial charge < -0.3 is 14.8 Å². The van der Waals surface area contributed by atoms with Crippen LogP contribution in [-0.4, -0.2) is 13.3 Å². The van der Waals surface area contributed by atoms with Crippen LogP contribution in [0.2, 0.25) is 0 Å². The van der Waals surface area contributed by atoms with Crippen LogP contribution in [-0.2, 0) is 6.54 Å². The standard InChI is InChI=1S/C28H41NO2/c1-22(2)9-6-10-23(3)11-7-12-24(4)13-8-14-25(5)17-18-29-20-26-15-16-27-28(19-26)31-21-30-27/h9,11,13,15-17,19,29H,6-8,10,12,14,18,20-21H2,1-5H3/b23-11+,24-13+,25-17+. The smallest absolute Gasteiger partial charge is 0.231 e. The molecule has 0 aliphatic carbocycles. The van der Waals surface area contributed by atoms with Gasteiger partial charge in [-0.1, -0.05) is 52.7 Å². The third-order valence-corrected chi connectivity index (χ3v) is 5.52. The van der Waals surface area contributed by atoms with E-state index in [9.17, 15) is 0 Å². The van der Waals surface area contributed by atoms with Gasteiger partial charge in [0.15, 0.2) is 11.5 Å². The van der Waals surface area contributed by atoms with E-state index in [1.807, 2.05) is 6.07 Å². The third-order valence-electron chi connectivity index (χ3n) is 5.52. The molecule has 1 aliphatic heterocycles. The zero-order valence-electron chi connectivity index (χ0n) is 20.2. The second kappa shape index (κ2) is 13.9. The molecular weight excluding hydrogens is 382 g/mol. The van der Waals surface area contributed by atoms with Crippen LogP contribution in [0.25, 0.3) is 0 Å².